The first-order chi connectivity index (χ1) is 13.7. The fourth-order valence-corrected chi connectivity index (χ4v) is 3.97. The van der Waals surface area contributed by atoms with Crippen molar-refractivity contribution in [1.29, 1.82) is 0 Å². The summed E-state index contributed by atoms with van der Waals surface area (Å²) < 4.78 is 1.65. The highest BCUT2D eigenvalue weighted by molar-refractivity contribution is 7.99. The van der Waals surface area contributed by atoms with Crippen LogP contribution in [0.1, 0.15) is 16.8 Å². The summed E-state index contributed by atoms with van der Waals surface area (Å²) >= 11 is 1.30. The maximum Gasteiger partial charge on any atom is 0.256 e. The van der Waals surface area contributed by atoms with E-state index in [1.807, 2.05) is 41.3 Å². The van der Waals surface area contributed by atoms with Gasteiger partial charge in [-0.2, -0.15) is 4.68 Å². The summed E-state index contributed by atoms with van der Waals surface area (Å²) in [4.78, 5) is 21.8. The third-order valence-electron chi connectivity index (χ3n) is 4.64. The molecule has 3 aromatic rings. The molecule has 28 heavy (non-hydrogen) atoms. The van der Waals surface area contributed by atoms with E-state index in [1.54, 1.807) is 16.9 Å². The van der Waals surface area contributed by atoms with Crippen LogP contribution in [-0.2, 0) is 0 Å². The molecule has 0 atom stereocenters. The van der Waals surface area contributed by atoms with Crippen LogP contribution in [0.4, 0.5) is 0 Å². The summed E-state index contributed by atoms with van der Waals surface area (Å²) in [6.45, 7) is 3.35. The minimum Gasteiger partial charge on any atom is -0.337 e. The number of carbonyl (C=O) groups is 1. The molecule has 1 aromatic carbocycles. The summed E-state index contributed by atoms with van der Waals surface area (Å²) in [5.74, 6) is 0.00429. The van der Waals surface area contributed by atoms with Crippen molar-refractivity contribution in [3.8, 4) is 5.69 Å². The Morgan fingerprint density at radius 2 is 1.89 bits per heavy atom. The Morgan fingerprint density at radius 3 is 2.75 bits per heavy atom. The minimum atomic E-state index is 0.00429. The summed E-state index contributed by atoms with van der Waals surface area (Å²) in [6.07, 6.45) is 2.66. The number of tetrazole rings is 1. The lowest BCUT2D eigenvalue weighted by atomic mass is 10.2. The SMILES string of the molecule is CN1CCCN(C(=O)c2cccnc2Sc2nnnn2-c2ccccc2)CC1. The standard InChI is InChI=1S/C19H21N7OS/c1-24-11-6-12-25(14-13-24)18(27)16-9-5-10-20-17(16)28-19-21-22-23-26(19)15-7-3-2-4-8-15/h2-5,7-10H,6,11-14H2,1H3. The molecule has 1 amide bonds. The highest BCUT2D eigenvalue weighted by Crippen LogP contribution is 2.29. The molecule has 2 aromatic heterocycles. The fraction of sp³-hybridized carbons (Fsp3) is 0.316. The average molecular weight is 395 g/mol. The molecule has 144 valence electrons. The zero-order valence-electron chi connectivity index (χ0n) is 15.6. The Hall–Kier alpha value is -2.78. The second-order valence-corrected chi connectivity index (χ2v) is 7.57. The van der Waals surface area contributed by atoms with Gasteiger partial charge in [-0.1, -0.05) is 18.2 Å². The van der Waals surface area contributed by atoms with Crippen LogP contribution in [0, 0.1) is 0 Å². The van der Waals surface area contributed by atoms with Crippen LogP contribution in [-0.4, -0.2) is 74.1 Å². The number of aromatic nitrogens is 5. The zero-order valence-corrected chi connectivity index (χ0v) is 16.4. The van der Waals surface area contributed by atoms with Crippen molar-refractivity contribution in [3.63, 3.8) is 0 Å². The summed E-state index contributed by atoms with van der Waals surface area (Å²) in [5, 5.41) is 13.2. The number of pyridine rings is 1. The van der Waals surface area contributed by atoms with Gasteiger partial charge >= 0.3 is 0 Å². The molecule has 0 saturated carbocycles. The van der Waals surface area contributed by atoms with Crippen molar-refractivity contribution < 1.29 is 4.79 Å². The van der Waals surface area contributed by atoms with Gasteiger partial charge < -0.3 is 9.80 Å². The summed E-state index contributed by atoms with van der Waals surface area (Å²) in [7, 11) is 2.09. The molecule has 1 aliphatic rings. The quantitative estimate of drug-likeness (QED) is 0.668. The molecule has 0 radical (unpaired) electrons. The number of amides is 1. The van der Waals surface area contributed by atoms with Crippen molar-refractivity contribution in [2.75, 3.05) is 33.2 Å². The Morgan fingerprint density at radius 1 is 1.04 bits per heavy atom. The maximum absolute atomic E-state index is 13.2. The lowest BCUT2D eigenvalue weighted by Gasteiger charge is -2.21. The zero-order chi connectivity index (χ0) is 19.3. The van der Waals surface area contributed by atoms with Crippen molar-refractivity contribution in [2.45, 2.75) is 16.6 Å². The number of rotatable bonds is 4. The van der Waals surface area contributed by atoms with Crippen LogP contribution < -0.4 is 0 Å². The van der Waals surface area contributed by atoms with E-state index in [0.717, 1.165) is 38.3 Å². The van der Waals surface area contributed by atoms with E-state index >= 15 is 0 Å². The Labute approximate surface area is 167 Å². The molecule has 1 saturated heterocycles. The molecule has 0 unspecified atom stereocenters. The molecule has 0 aliphatic carbocycles. The molecule has 9 heteroatoms. The second kappa shape index (κ2) is 8.49. The molecule has 0 N–H and O–H groups in total. The maximum atomic E-state index is 13.2. The van der Waals surface area contributed by atoms with Gasteiger partial charge in [-0.3, -0.25) is 4.79 Å². The minimum absolute atomic E-state index is 0.00429. The highest BCUT2D eigenvalue weighted by Gasteiger charge is 2.23. The Bertz CT molecular complexity index is 946. The lowest BCUT2D eigenvalue weighted by Crippen LogP contribution is -2.34. The van der Waals surface area contributed by atoms with E-state index in [9.17, 15) is 4.79 Å². The van der Waals surface area contributed by atoms with Crippen molar-refractivity contribution in [1.82, 2.24) is 35.0 Å². The van der Waals surface area contributed by atoms with Crippen LogP contribution >= 0.6 is 11.8 Å². The van der Waals surface area contributed by atoms with E-state index in [2.05, 4.69) is 32.5 Å². The van der Waals surface area contributed by atoms with Gasteiger partial charge in [0.25, 0.3) is 5.91 Å². The topological polar surface area (TPSA) is 80.0 Å². The van der Waals surface area contributed by atoms with Crippen molar-refractivity contribution in [3.05, 3.63) is 54.2 Å². The van der Waals surface area contributed by atoms with Crippen LogP contribution in [0.25, 0.3) is 5.69 Å². The van der Waals surface area contributed by atoms with Crippen LogP contribution in [0.3, 0.4) is 0 Å². The van der Waals surface area contributed by atoms with Gasteiger partial charge in [-0.15, -0.1) is 5.10 Å². The Kier molecular flexibility index (Phi) is 5.63. The number of benzene rings is 1. The van der Waals surface area contributed by atoms with E-state index in [0.29, 0.717) is 15.7 Å². The monoisotopic (exact) mass is 395 g/mol. The third kappa shape index (κ3) is 4.05. The fourth-order valence-electron chi connectivity index (χ4n) is 3.12. The number of likely N-dealkylation sites (N-methyl/N-ethyl adjacent to an activating group) is 1. The predicted octanol–water partition coefficient (Wildman–Crippen LogP) is 1.99. The average Bonchev–Trinajstić information content (AvgIpc) is 3.08. The smallest absolute Gasteiger partial charge is 0.256 e. The lowest BCUT2D eigenvalue weighted by molar-refractivity contribution is 0.0758. The van der Waals surface area contributed by atoms with Gasteiger partial charge in [-0.25, -0.2) is 4.98 Å². The van der Waals surface area contributed by atoms with E-state index in [4.69, 9.17) is 0 Å². The molecule has 1 aliphatic heterocycles. The van der Waals surface area contributed by atoms with Crippen LogP contribution in [0.15, 0.2) is 58.8 Å². The number of para-hydroxylation sites is 1. The summed E-state index contributed by atoms with van der Waals surface area (Å²) in [6, 6.07) is 13.3. The van der Waals surface area contributed by atoms with E-state index < -0.39 is 0 Å². The molecule has 0 bridgehead atoms. The number of hydrogen-bond donors (Lipinski definition) is 0. The van der Waals surface area contributed by atoms with Gasteiger partial charge in [0, 0.05) is 25.8 Å². The Balaban J connectivity index is 1.59. The van der Waals surface area contributed by atoms with Gasteiger partial charge in [0.15, 0.2) is 0 Å². The molecular formula is C19H21N7OS. The van der Waals surface area contributed by atoms with Gasteiger partial charge in [0.05, 0.1) is 11.3 Å². The molecular weight excluding hydrogens is 374 g/mol. The van der Waals surface area contributed by atoms with Gasteiger partial charge in [-0.05, 0) is 66.5 Å². The molecule has 3 heterocycles. The number of hydrogen-bond acceptors (Lipinski definition) is 7. The summed E-state index contributed by atoms with van der Waals surface area (Å²) in [5.41, 5.74) is 1.44. The normalized spacial score (nSPS) is 15.4. The van der Waals surface area contributed by atoms with Crippen LogP contribution in [0.2, 0.25) is 0 Å². The molecule has 1 fully saturated rings. The number of carbonyl (C=O) groups excluding carboxylic acids is 1. The predicted molar refractivity (Wildman–Crippen MR) is 106 cm³/mol. The van der Waals surface area contributed by atoms with Crippen LogP contribution in [0.5, 0.6) is 0 Å². The molecule has 0 spiro atoms. The van der Waals surface area contributed by atoms with E-state index in [-0.39, 0.29) is 5.91 Å². The largest absolute Gasteiger partial charge is 0.337 e. The molecule has 4 rings (SSSR count). The van der Waals surface area contributed by atoms with Crippen molar-refractivity contribution in [2.24, 2.45) is 0 Å². The number of nitrogens with zero attached hydrogens (tertiary/aromatic N) is 7. The van der Waals surface area contributed by atoms with Gasteiger partial charge in [0.1, 0.15) is 5.03 Å². The van der Waals surface area contributed by atoms with Gasteiger partial charge in [0.2, 0.25) is 5.16 Å². The third-order valence-corrected chi connectivity index (χ3v) is 5.59. The first-order valence-electron chi connectivity index (χ1n) is 9.17. The molecule has 8 nitrogen and oxygen atoms in total. The first kappa shape index (κ1) is 18.6. The second-order valence-electron chi connectivity index (χ2n) is 6.62. The van der Waals surface area contributed by atoms with E-state index in [1.165, 1.54) is 11.8 Å². The highest BCUT2D eigenvalue weighted by atomic mass is 32.2. The first-order valence-corrected chi connectivity index (χ1v) is 9.98. The van der Waals surface area contributed by atoms with Crippen molar-refractivity contribution >= 4 is 17.7 Å².